The Balaban J connectivity index is 2.85. The van der Waals surface area contributed by atoms with E-state index in [1.807, 2.05) is 0 Å². The molecule has 0 aromatic carbocycles. The highest BCUT2D eigenvalue weighted by atomic mass is 16.5. The van der Waals surface area contributed by atoms with Crippen LogP contribution in [0.1, 0.15) is 23.2 Å². The number of aryl methyl sites for hydroxylation is 1. The molecule has 1 aromatic heterocycles. The monoisotopic (exact) mass is 225 g/mol. The third-order valence-corrected chi connectivity index (χ3v) is 1.80. The number of nitrogens with one attached hydrogen (secondary N) is 1. The summed E-state index contributed by atoms with van der Waals surface area (Å²) >= 11 is 0. The molecule has 1 unspecified atom stereocenters. The highest BCUT2D eigenvalue weighted by Gasteiger charge is 2.11. The molecular formula is C10H15N3O3. The van der Waals surface area contributed by atoms with Gasteiger partial charge in [0, 0.05) is 18.3 Å². The number of aliphatic hydroxyl groups excluding tert-OH is 1. The number of methoxy groups -OCH3 is 1. The first-order valence-electron chi connectivity index (χ1n) is 4.89. The quantitative estimate of drug-likeness (QED) is 0.720. The molecule has 6 nitrogen and oxygen atoms in total. The van der Waals surface area contributed by atoms with E-state index in [0.717, 1.165) is 0 Å². The van der Waals surface area contributed by atoms with E-state index < -0.39 is 12.1 Å². The molecule has 0 aliphatic carbocycles. The summed E-state index contributed by atoms with van der Waals surface area (Å²) in [6.07, 6.45) is -0.489. The summed E-state index contributed by atoms with van der Waals surface area (Å²) in [5, 5.41) is 12.0. The molecule has 1 heterocycles. The lowest BCUT2D eigenvalue weighted by Gasteiger charge is -2.08. The molecule has 16 heavy (non-hydrogen) atoms. The van der Waals surface area contributed by atoms with E-state index in [4.69, 9.17) is 5.11 Å². The smallest absolute Gasteiger partial charge is 0.376 e. The Morgan fingerprint density at radius 1 is 1.62 bits per heavy atom. The van der Waals surface area contributed by atoms with Gasteiger partial charge < -0.3 is 15.2 Å². The molecule has 88 valence electrons. The van der Waals surface area contributed by atoms with Crippen LogP contribution < -0.4 is 5.32 Å². The van der Waals surface area contributed by atoms with Crippen molar-refractivity contribution < 1.29 is 14.6 Å². The second kappa shape index (κ2) is 5.41. The average molecular weight is 225 g/mol. The van der Waals surface area contributed by atoms with E-state index in [-0.39, 0.29) is 5.82 Å². The largest absolute Gasteiger partial charge is 0.463 e. The second-order valence-electron chi connectivity index (χ2n) is 3.44. The number of carbonyl (C=O) groups excluding carboxylic acids is 1. The summed E-state index contributed by atoms with van der Waals surface area (Å²) < 4.78 is 4.53. The number of aliphatic hydroxyl groups is 1. The third-order valence-electron chi connectivity index (χ3n) is 1.80. The van der Waals surface area contributed by atoms with E-state index in [0.29, 0.717) is 18.1 Å². The van der Waals surface area contributed by atoms with E-state index in [1.54, 1.807) is 19.9 Å². The first-order valence-corrected chi connectivity index (χ1v) is 4.89. The molecule has 1 atom stereocenters. The van der Waals surface area contributed by atoms with Gasteiger partial charge in [-0.3, -0.25) is 0 Å². The van der Waals surface area contributed by atoms with Crippen molar-refractivity contribution in [2.45, 2.75) is 20.0 Å². The van der Waals surface area contributed by atoms with Gasteiger partial charge in [0.05, 0.1) is 13.2 Å². The molecular weight excluding hydrogens is 210 g/mol. The van der Waals surface area contributed by atoms with Gasteiger partial charge in [-0.15, -0.1) is 0 Å². The zero-order valence-electron chi connectivity index (χ0n) is 9.52. The molecule has 0 fully saturated rings. The van der Waals surface area contributed by atoms with Crippen LogP contribution in [-0.4, -0.2) is 40.8 Å². The molecule has 0 aliphatic rings. The van der Waals surface area contributed by atoms with Gasteiger partial charge in [0.25, 0.3) is 0 Å². The van der Waals surface area contributed by atoms with E-state index in [2.05, 4.69) is 20.0 Å². The number of anilines is 1. The summed E-state index contributed by atoms with van der Waals surface area (Å²) in [6.45, 7) is 3.76. The van der Waals surface area contributed by atoms with Gasteiger partial charge in [-0.2, -0.15) is 0 Å². The van der Waals surface area contributed by atoms with Crippen LogP contribution in [0.2, 0.25) is 0 Å². The Kier molecular flexibility index (Phi) is 4.19. The van der Waals surface area contributed by atoms with Crippen molar-refractivity contribution in [3.05, 3.63) is 17.6 Å². The van der Waals surface area contributed by atoms with Gasteiger partial charge in [0.15, 0.2) is 0 Å². The van der Waals surface area contributed by atoms with E-state index >= 15 is 0 Å². The Bertz CT molecular complexity index is 380. The van der Waals surface area contributed by atoms with Crippen LogP contribution in [-0.2, 0) is 4.74 Å². The van der Waals surface area contributed by atoms with Crippen molar-refractivity contribution >= 4 is 11.8 Å². The predicted molar refractivity (Wildman–Crippen MR) is 58.3 cm³/mol. The zero-order valence-corrected chi connectivity index (χ0v) is 9.52. The fraction of sp³-hybridized carbons (Fsp3) is 0.500. The molecule has 0 saturated carbocycles. The van der Waals surface area contributed by atoms with Crippen molar-refractivity contribution in [1.29, 1.82) is 0 Å². The van der Waals surface area contributed by atoms with Gasteiger partial charge in [-0.25, -0.2) is 14.8 Å². The topological polar surface area (TPSA) is 84.3 Å². The normalized spacial score (nSPS) is 12.0. The second-order valence-corrected chi connectivity index (χ2v) is 3.44. The van der Waals surface area contributed by atoms with Crippen molar-refractivity contribution in [3.63, 3.8) is 0 Å². The first-order chi connectivity index (χ1) is 7.52. The summed E-state index contributed by atoms with van der Waals surface area (Å²) in [5.74, 6) is -0.0758. The molecule has 0 aliphatic heterocycles. The maximum Gasteiger partial charge on any atom is 0.376 e. The first kappa shape index (κ1) is 12.4. The summed E-state index contributed by atoms with van der Waals surface area (Å²) in [4.78, 5) is 19.1. The van der Waals surface area contributed by atoms with Gasteiger partial charge in [-0.05, 0) is 13.8 Å². The Morgan fingerprint density at radius 3 is 2.88 bits per heavy atom. The molecule has 0 bridgehead atoms. The molecule has 0 radical (unpaired) electrons. The summed E-state index contributed by atoms with van der Waals surface area (Å²) in [5.41, 5.74) is 0.656. The number of rotatable bonds is 4. The fourth-order valence-corrected chi connectivity index (χ4v) is 1.09. The third kappa shape index (κ3) is 3.47. The molecule has 1 rings (SSSR count). The maximum absolute atomic E-state index is 11.2. The maximum atomic E-state index is 11.2. The highest BCUT2D eigenvalue weighted by Crippen LogP contribution is 2.07. The van der Waals surface area contributed by atoms with Crippen molar-refractivity contribution in [2.24, 2.45) is 0 Å². The minimum Gasteiger partial charge on any atom is -0.463 e. The molecule has 0 saturated heterocycles. The summed E-state index contributed by atoms with van der Waals surface area (Å²) in [7, 11) is 1.27. The van der Waals surface area contributed by atoms with Gasteiger partial charge >= 0.3 is 5.97 Å². The highest BCUT2D eigenvalue weighted by molar-refractivity contribution is 5.85. The number of nitrogens with zero attached hydrogens (tertiary/aromatic N) is 2. The van der Waals surface area contributed by atoms with Crippen molar-refractivity contribution in [2.75, 3.05) is 19.0 Å². The number of ether oxygens (including phenoxy) is 1. The van der Waals surface area contributed by atoms with Crippen LogP contribution >= 0.6 is 0 Å². The Morgan fingerprint density at radius 2 is 2.31 bits per heavy atom. The number of aromatic nitrogens is 2. The van der Waals surface area contributed by atoms with Crippen LogP contribution in [0.15, 0.2) is 6.07 Å². The minimum absolute atomic E-state index is 0.00981. The van der Waals surface area contributed by atoms with Crippen molar-refractivity contribution in [3.8, 4) is 0 Å². The molecule has 2 N–H and O–H groups in total. The SMILES string of the molecule is COC(=O)c1nc(C)cc(NCC(C)O)n1. The molecule has 0 amide bonds. The van der Waals surface area contributed by atoms with Crippen LogP contribution in [0.3, 0.4) is 0 Å². The Hall–Kier alpha value is -1.69. The molecule has 1 aromatic rings. The zero-order chi connectivity index (χ0) is 12.1. The van der Waals surface area contributed by atoms with E-state index in [9.17, 15) is 4.79 Å². The van der Waals surface area contributed by atoms with Crippen LogP contribution in [0, 0.1) is 6.92 Å². The lowest BCUT2D eigenvalue weighted by Crippen LogP contribution is -2.18. The molecule has 0 spiro atoms. The lowest BCUT2D eigenvalue weighted by molar-refractivity contribution is 0.0586. The molecule has 6 heteroatoms. The Labute approximate surface area is 93.7 Å². The van der Waals surface area contributed by atoms with Gasteiger partial charge in [0.2, 0.25) is 5.82 Å². The van der Waals surface area contributed by atoms with E-state index in [1.165, 1.54) is 7.11 Å². The number of esters is 1. The van der Waals surface area contributed by atoms with Crippen molar-refractivity contribution in [1.82, 2.24) is 9.97 Å². The van der Waals surface area contributed by atoms with Gasteiger partial charge in [0.1, 0.15) is 5.82 Å². The fourth-order valence-electron chi connectivity index (χ4n) is 1.09. The van der Waals surface area contributed by atoms with Gasteiger partial charge in [-0.1, -0.05) is 0 Å². The van der Waals surface area contributed by atoms with Crippen LogP contribution in [0.4, 0.5) is 5.82 Å². The number of hydrogen-bond donors (Lipinski definition) is 2. The van der Waals surface area contributed by atoms with Crippen LogP contribution in [0.25, 0.3) is 0 Å². The van der Waals surface area contributed by atoms with Crippen LogP contribution in [0.5, 0.6) is 0 Å². The summed E-state index contributed by atoms with van der Waals surface area (Å²) in [6, 6.07) is 1.69. The standard InChI is InChI=1S/C10H15N3O3/c1-6-4-8(11-5-7(2)14)13-9(12-6)10(15)16-3/h4,7,14H,5H2,1-3H3,(H,11,12,13). The average Bonchev–Trinajstić information content (AvgIpc) is 2.24. The minimum atomic E-state index is -0.580. The number of carbonyl (C=O) groups is 1. The predicted octanol–water partition coefficient (Wildman–Crippen LogP) is 0.364. The number of hydrogen-bond acceptors (Lipinski definition) is 6. The lowest BCUT2D eigenvalue weighted by atomic mass is 10.3.